The molecule has 3 nitrogen and oxygen atoms in total. The summed E-state index contributed by atoms with van der Waals surface area (Å²) < 4.78 is 0. The van der Waals surface area contributed by atoms with Gasteiger partial charge in [-0.1, -0.05) is 13.8 Å². The summed E-state index contributed by atoms with van der Waals surface area (Å²) in [5, 5.41) is 11.4. The Hall–Kier alpha value is -1.04. The number of hydrogen-bond donors (Lipinski definition) is 1. The van der Waals surface area contributed by atoms with E-state index < -0.39 is 5.92 Å². The van der Waals surface area contributed by atoms with Gasteiger partial charge in [-0.3, -0.25) is 4.79 Å². The number of carbonyl (C=O) groups is 1. The fraction of sp³-hybridized carbons (Fsp3) is 0.800. The smallest absolute Gasteiger partial charge is 0.237 e. The number of hydrogen-bond acceptors (Lipinski definition) is 2. The van der Waals surface area contributed by atoms with Crippen molar-refractivity contribution in [2.75, 3.05) is 0 Å². The van der Waals surface area contributed by atoms with Crippen LogP contribution in [-0.4, -0.2) is 11.4 Å². The summed E-state index contributed by atoms with van der Waals surface area (Å²) in [6.07, 6.45) is 0. The highest BCUT2D eigenvalue weighted by Crippen LogP contribution is 2.15. The van der Waals surface area contributed by atoms with E-state index in [9.17, 15) is 4.79 Å². The molecule has 0 aliphatic carbocycles. The maximum atomic E-state index is 11.4. The third-order valence-corrected chi connectivity index (χ3v) is 2.48. The molecular weight excluding hydrogens is 164 g/mol. The van der Waals surface area contributed by atoms with Crippen LogP contribution in [0.25, 0.3) is 0 Å². The SMILES string of the molecule is CC(C#N)C(=O)NC(C)(C)C(C)C. The van der Waals surface area contributed by atoms with Gasteiger partial charge in [0, 0.05) is 5.54 Å². The van der Waals surface area contributed by atoms with E-state index >= 15 is 0 Å². The Bertz CT molecular complexity index is 226. The molecule has 0 spiro atoms. The van der Waals surface area contributed by atoms with Gasteiger partial charge in [-0.2, -0.15) is 5.26 Å². The summed E-state index contributed by atoms with van der Waals surface area (Å²) in [6, 6.07) is 1.91. The Balaban J connectivity index is 4.30. The van der Waals surface area contributed by atoms with Crippen molar-refractivity contribution >= 4 is 5.91 Å². The molecule has 0 aromatic heterocycles. The maximum Gasteiger partial charge on any atom is 0.237 e. The molecule has 74 valence electrons. The summed E-state index contributed by atoms with van der Waals surface area (Å²) in [5.74, 6) is -0.415. The van der Waals surface area contributed by atoms with Crippen LogP contribution < -0.4 is 5.32 Å². The summed E-state index contributed by atoms with van der Waals surface area (Å²) in [6.45, 7) is 9.60. The zero-order valence-corrected chi connectivity index (χ0v) is 9.01. The van der Waals surface area contributed by atoms with Crippen LogP contribution in [-0.2, 0) is 4.79 Å². The molecule has 13 heavy (non-hydrogen) atoms. The Morgan fingerprint density at radius 3 is 2.15 bits per heavy atom. The second-order valence-electron chi connectivity index (χ2n) is 4.22. The molecule has 0 fully saturated rings. The van der Waals surface area contributed by atoms with E-state index in [2.05, 4.69) is 5.32 Å². The summed E-state index contributed by atoms with van der Waals surface area (Å²) in [4.78, 5) is 11.4. The average Bonchev–Trinajstić information content (AvgIpc) is 2.01. The van der Waals surface area contributed by atoms with Crippen LogP contribution in [0.5, 0.6) is 0 Å². The molecule has 3 heteroatoms. The first-order valence-electron chi connectivity index (χ1n) is 4.53. The predicted molar refractivity (Wildman–Crippen MR) is 51.8 cm³/mol. The molecular formula is C10H18N2O. The number of amides is 1. The lowest BCUT2D eigenvalue weighted by Crippen LogP contribution is -2.49. The Kier molecular flexibility index (Phi) is 3.93. The number of rotatable bonds is 3. The van der Waals surface area contributed by atoms with Crippen molar-refractivity contribution in [1.82, 2.24) is 5.32 Å². The minimum absolute atomic E-state index is 0.193. The van der Waals surface area contributed by atoms with Gasteiger partial charge in [-0.25, -0.2) is 0 Å². The quantitative estimate of drug-likeness (QED) is 0.722. The van der Waals surface area contributed by atoms with E-state index in [4.69, 9.17) is 5.26 Å². The molecule has 0 aromatic carbocycles. The van der Waals surface area contributed by atoms with Crippen LogP contribution in [0.3, 0.4) is 0 Å². The van der Waals surface area contributed by atoms with Crippen LogP contribution in [0.4, 0.5) is 0 Å². The third kappa shape index (κ3) is 3.45. The van der Waals surface area contributed by atoms with E-state index in [0.29, 0.717) is 5.92 Å². The number of carbonyl (C=O) groups excluding carboxylic acids is 1. The molecule has 1 atom stereocenters. The van der Waals surface area contributed by atoms with Gasteiger partial charge in [0.2, 0.25) is 5.91 Å². The minimum atomic E-state index is -0.571. The van der Waals surface area contributed by atoms with Crippen molar-refractivity contribution in [2.24, 2.45) is 11.8 Å². The summed E-state index contributed by atoms with van der Waals surface area (Å²) >= 11 is 0. The highest BCUT2D eigenvalue weighted by atomic mass is 16.2. The molecule has 0 bridgehead atoms. The number of nitrogens with zero attached hydrogens (tertiary/aromatic N) is 1. The molecule has 0 aliphatic heterocycles. The van der Waals surface area contributed by atoms with Crippen LogP contribution in [0.2, 0.25) is 0 Å². The van der Waals surface area contributed by atoms with Gasteiger partial charge in [0.15, 0.2) is 0 Å². The summed E-state index contributed by atoms with van der Waals surface area (Å²) in [7, 11) is 0. The fourth-order valence-electron chi connectivity index (χ4n) is 0.629. The molecule has 0 saturated heterocycles. The lowest BCUT2D eigenvalue weighted by molar-refractivity contribution is -0.125. The molecule has 1 unspecified atom stereocenters. The number of nitriles is 1. The summed E-state index contributed by atoms with van der Waals surface area (Å²) in [5.41, 5.74) is -0.248. The van der Waals surface area contributed by atoms with Crippen molar-refractivity contribution in [2.45, 2.75) is 40.2 Å². The zero-order valence-electron chi connectivity index (χ0n) is 9.01. The second kappa shape index (κ2) is 4.27. The largest absolute Gasteiger partial charge is 0.350 e. The molecule has 0 saturated carbocycles. The van der Waals surface area contributed by atoms with Gasteiger partial charge >= 0.3 is 0 Å². The van der Waals surface area contributed by atoms with Crippen molar-refractivity contribution in [3.8, 4) is 6.07 Å². The Morgan fingerprint density at radius 2 is 1.85 bits per heavy atom. The van der Waals surface area contributed by atoms with E-state index in [-0.39, 0.29) is 11.4 Å². The van der Waals surface area contributed by atoms with E-state index in [1.807, 2.05) is 33.8 Å². The topological polar surface area (TPSA) is 52.9 Å². The maximum absolute atomic E-state index is 11.4. The molecule has 0 heterocycles. The van der Waals surface area contributed by atoms with Crippen molar-refractivity contribution in [3.05, 3.63) is 0 Å². The molecule has 0 radical (unpaired) electrons. The Morgan fingerprint density at radius 1 is 1.38 bits per heavy atom. The monoisotopic (exact) mass is 182 g/mol. The lowest BCUT2D eigenvalue weighted by Gasteiger charge is -2.30. The van der Waals surface area contributed by atoms with Gasteiger partial charge in [-0.15, -0.1) is 0 Å². The number of nitrogens with one attached hydrogen (secondary N) is 1. The third-order valence-electron chi connectivity index (χ3n) is 2.48. The van der Waals surface area contributed by atoms with Crippen LogP contribution >= 0.6 is 0 Å². The van der Waals surface area contributed by atoms with Crippen LogP contribution in [0, 0.1) is 23.2 Å². The van der Waals surface area contributed by atoms with Gasteiger partial charge in [0.05, 0.1) is 6.07 Å². The first kappa shape index (κ1) is 12.0. The van der Waals surface area contributed by atoms with E-state index in [1.54, 1.807) is 6.92 Å². The molecule has 0 rings (SSSR count). The zero-order chi connectivity index (χ0) is 10.6. The second-order valence-corrected chi connectivity index (χ2v) is 4.22. The highest BCUT2D eigenvalue weighted by Gasteiger charge is 2.26. The van der Waals surface area contributed by atoms with Gasteiger partial charge in [-0.05, 0) is 26.7 Å². The van der Waals surface area contributed by atoms with Crippen molar-refractivity contribution in [3.63, 3.8) is 0 Å². The molecule has 1 amide bonds. The molecule has 1 N–H and O–H groups in total. The van der Waals surface area contributed by atoms with E-state index in [0.717, 1.165) is 0 Å². The van der Waals surface area contributed by atoms with E-state index in [1.165, 1.54) is 0 Å². The van der Waals surface area contributed by atoms with Crippen LogP contribution in [0.15, 0.2) is 0 Å². The van der Waals surface area contributed by atoms with Gasteiger partial charge in [0.25, 0.3) is 0 Å². The standard InChI is InChI=1S/C10H18N2O/c1-7(2)10(4,5)12-9(13)8(3)6-11/h7-8H,1-5H3,(H,12,13). The van der Waals surface area contributed by atoms with Gasteiger partial charge in [0.1, 0.15) is 5.92 Å². The lowest BCUT2D eigenvalue weighted by atomic mass is 9.90. The predicted octanol–water partition coefficient (Wildman–Crippen LogP) is 1.70. The van der Waals surface area contributed by atoms with Crippen LogP contribution in [0.1, 0.15) is 34.6 Å². The highest BCUT2D eigenvalue weighted by molar-refractivity contribution is 5.81. The average molecular weight is 182 g/mol. The van der Waals surface area contributed by atoms with Gasteiger partial charge < -0.3 is 5.32 Å². The Labute approximate surface area is 80.1 Å². The fourth-order valence-corrected chi connectivity index (χ4v) is 0.629. The first-order valence-corrected chi connectivity index (χ1v) is 4.53. The molecule has 0 aromatic rings. The minimum Gasteiger partial charge on any atom is -0.350 e. The molecule has 0 aliphatic rings. The van der Waals surface area contributed by atoms with Crippen molar-refractivity contribution < 1.29 is 4.79 Å². The first-order chi connectivity index (χ1) is 5.81. The van der Waals surface area contributed by atoms with Crippen molar-refractivity contribution in [1.29, 1.82) is 5.26 Å². The normalized spacial score (nSPS) is 13.6.